The number of hydrogen-bond acceptors (Lipinski definition) is 5. The van der Waals surface area contributed by atoms with Crippen molar-refractivity contribution in [1.82, 2.24) is 14.0 Å². The lowest BCUT2D eigenvalue weighted by molar-refractivity contribution is 0.0215. The summed E-state index contributed by atoms with van der Waals surface area (Å²) in [5.41, 5.74) is 0.602. The van der Waals surface area contributed by atoms with Gasteiger partial charge in [0.25, 0.3) is 5.82 Å². The van der Waals surface area contributed by atoms with E-state index in [4.69, 9.17) is 0 Å². The van der Waals surface area contributed by atoms with Gasteiger partial charge in [0.05, 0.1) is 13.1 Å². The van der Waals surface area contributed by atoms with Crippen LogP contribution in [0.25, 0.3) is 0 Å². The summed E-state index contributed by atoms with van der Waals surface area (Å²) in [5, 5.41) is 38.7. The predicted molar refractivity (Wildman–Crippen MR) is 77.3 cm³/mol. The molecule has 7 heteroatoms. The number of rotatable bonds is 8. The molecule has 114 valence electrons. The van der Waals surface area contributed by atoms with E-state index in [2.05, 4.69) is 4.98 Å². The molecule has 1 rings (SSSR count). The molecule has 1 heterocycles. The molecule has 0 radical (unpaired) electrons. The summed E-state index contributed by atoms with van der Waals surface area (Å²) in [4.78, 5) is 4.29. The van der Waals surface area contributed by atoms with E-state index in [0.717, 1.165) is 0 Å². The minimum atomic E-state index is -0.308. The normalized spacial score (nSPS) is 12.7. The number of aliphatic hydroxyl groups is 4. The van der Waals surface area contributed by atoms with Gasteiger partial charge in [0, 0.05) is 12.3 Å². The van der Waals surface area contributed by atoms with Crippen LogP contribution in [0.2, 0.25) is 0 Å². The van der Waals surface area contributed by atoms with Gasteiger partial charge in [-0.3, -0.25) is 0 Å². The molecule has 4 N–H and O–H groups in total. The van der Waals surface area contributed by atoms with Crippen molar-refractivity contribution in [2.45, 2.75) is 13.8 Å². The molecule has 0 bridgehead atoms. The third kappa shape index (κ3) is 2.69. The van der Waals surface area contributed by atoms with Gasteiger partial charge in [-0.2, -0.15) is 4.98 Å². The highest BCUT2D eigenvalue weighted by Crippen LogP contribution is 2.35. The van der Waals surface area contributed by atoms with Crippen molar-refractivity contribution in [3.05, 3.63) is 18.3 Å². The van der Waals surface area contributed by atoms with Crippen LogP contribution in [0.4, 0.5) is 11.5 Å². The smallest absolute Gasteiger partial charge is 0.293 e. The molecule has 0 aromatic carbocycles. The minimum absolute atomic E-state index is 0.0802. The maximum Gasteiger partial charge on any atom is 0.293 e. The Hall–Kier alpha value is -1.09. The van der Waals surface area contributed by atoms with Gasteiger partial charge in [-0.25, -0.2) is 8.97 Å². The van der Waals surface area contributed by atoms with Crippen molar-refractivity contribution in [2.24, 2.45) is 0 Å². The zero-order valence-corrected chi connectivity index (χ0v) is 12.1. The van der Waals surface area contributed by atoms with Crippen molar-refractivity contribution in [3.8, 4) is 0 Å². The Bertz CT molecular complexity index is 364. The number of aromatic nitrogens is 1. The summed E-state index contributed by atoms with van der Waals surface area (Å²) < 4.78 is -0.209. The van der Waals surface area contributed by atoms with Crippen LogP contribution >= 0.6 is 0 Å². The molecule has 0 fully saturated rings. The molecule has 0 saturated carbocycles. The fourth-order valence-corrected chi connectivity index (χ4v) is 2.22. The van der Waals surface area contributed by atoms with Crippen LogP contribution in [-0.2, 0) is 0 Å². The minimum Gasteiger partial charge on any atom is -0.347 e. The first-order valence-electron chi connectivity index (χ1n) is 6.71. The largest absolute Gasteiger partial charge is 0.347 e. The molecule has 0 aliphatic rings. The third-order valence-electron chi connectivity index (χ3n) is 4.02. The number of hydrogen-bond donors (Lipinski definition) is 4. The van der Waals surface area contributed by atoms with Gasteiger partial charge >= 0.3 is 0 Å². The molecule has 7 nitrogen and oxygen atoms in total. The van der Waals surface area contributed by atoms with Crippen LogP contribution in [0.5, 0.6) is 0 Å². The zero-order valence-electron chi connectivity index (χ0n) is 12.1. The van der Waals surface area contributed by atoms with Gasteiger partial charge in [0.1, 0.15) is 0 Å². The topological polar surface area (TPSA) is 93.8 Å². The third-order valence-corrected chi connectivity index (χ3v) is 4.02. The van der Waals surface area contributed by atoms with E-state index < -0.39 is 0 Å². The van der Waals surface area contributed by atoms with Crippen molar-refractivity contribution in [1.29, 1.82) is 0 Å². The summed E-state index contributed by atoms with van der Waals surface area (Å²) in [6.45, 7) is 3.41. The molecule has 0 aliphatic heterocycles. The number of pyridine rings is 1. The fourth-order valence-electron chi connectivity index (χ4n) is 2.22. The van der Waals surface area contributed by atoms with E-state index in [1.54, 1.807) is 18.3 Å². The Morgan fingerprint density at radius 1 is 0.900 bits per heavy atom. The van der Waals surface area contributed by atoms with Gasteiger partial charge in [0.2, 0.25) is 5.69 Å². The number of aliphatic hydroxyl groups excluding tert-OH is 4. The van der Waals surface area contributed by atoms with Gasteiger partial charge in [-0.15, -0.1) is 0 Å². The van der Waals surface area contributed by atoms with Crippen LogP contribution in [0.15, 0.2) is 18.3 Å². The van der Waals surface area contributed by atoms with Gasteiger partial charge in [-0.1, -0.05) is 0 Å². The molecule has 0 spiro atoms. The van der Waals surface area contributed by atoms with Crippen LogP contribution in [0, 0.1) is 0 Å². The number of quaternary nitrogens is 2. The lowest BCUT2D eigenvalue weighted by Gasteiger charge is -2.38. The highest BCUT2D eigenvalue weighted by molar-refractivity contribution is 5.62. The summed E-state index contributed by atoms with van der Waals surface area (Å²) in [6.07, 6.45) is 1.58. The maximum absolute atomic E-state index is 9.69. The molecule has 1 aromatic rings. The first-order chi connectivity index (χ1) is 9.59. The van der Waals surface area contributed by atoms with Crippen LogP contribution in [0.3, 0.4) is 0 Å². The maximum atomic E-state index is 9.69. The summed E-state index contributed by atoms with van der Waals surface area (Å²) in [6, 6.07) is 3.47. The molecular formula is C13H25N3O4+2. The van der Waals surface area contributed by atoms with Crippen LogP contribution in [-0.4, -0.2) is 65.4 Å². The predicted octanol–water partition coefficient (Wildman–Crippen LogP) is -0.465. The Kier molecular flexibility index (Phi) is 6.00. The average Bonchev–Trinajstić information content (AvgIpc) is 2.53. The van der Waals surface area contributed by atoms with Gasteiger partial charge in [-0.05, 0) is 19.9 Å². The fraction of sp³-hybridized carbons (Fsp3) is 0.615. The SMILES string of the molecule is CC[N+](CO)(CO)c1cccnc1[N+](CC)(CO)CO. The Morgan fingerprint density at radius 3 is 1.80 bits per heavy atom. The molecule has 0 atom stereocenters. The van der Waals surface area contributed by atoms with Crippen molar-refractivity contribution < 1.29 is 20.4 Å². The van der Waals surface area contributed by atoms with E-state index in [-0.39, 0.29) is 35.9 Å². The van der Waals surface area contributed by atoms with E-state index >= 15 is 0 Å². The first kappa shape index (κ1) is 17.0. The van der Waals surface area contributed by atoms with E-state index in [1.807, 2.05) is 13.8 Å². The first-order valence-corrected chi connectivity index (χ1v) is 6.71. The van der Waals surface area contributed by atoms with Crippen molar-refractivity contribution >= 4 is 11.5 Å². The Morgan fingerprint density at radius 2 is 1.40 bits per heavy atom. The van der Waals surface area contributed by atoms with E-state index in [1.165, 1.54) is 0 Å². The second-order valence-electron chi connectivity index (χ2n) is 4.83. The monoisotopic (exact) mass is 287 g/mol. The lowest BCUT2D eigenvalue weighted by atomic mass is 10.2. The van der Waals surface area contributed by atoms with Crippen molar-refractivity contribution in [2.75, 3.05) is 40.0 Å². The molecule has 0 amide bonds. The molecule has 1 aromatic heterocycles. The highest BCUT2D eigenvalue weighted by Gasteiger charge is 2.40. The highest BCUT2D eigenvalue weighted by atomic mass is 16.3. The van der Waals surface area contributed by atoms with Crippen LogP contribution in [0.1, 0.15) is 13.8 Å². The van der Waals surface area contributed by atoms with E-state index in [9.17, 15) is 20.4 Å². The second-order valence-corrected chi connectivity index (χ2v) is 4.83. The average molecular weight is 287 g/mol. The summed E-state index contributed by atoms with van der Waals surface area (Å²) >= 11 is 0. The second kappa shape index (κ2) is 7.07. The van der Waals surface area contributed by atoms with E-state index in [0.29, 0.717) is 24.6 Å². The van der Waals surface area contributed by atoms with Crippen molar-refractivity contribution in [3.63, 3.8) is 0 Å². The lowest BCUT2D eigenvalue weighted by Crippen LogP contribution is -2.56. The quantitative estimate of drug-likeness (QED) is 0.383. The molecular weight excluding hydrogens is 262 g/mol. The Labute approximate surface area is 119 Å². The molecule has 0 saturated heterocycles. The van der Waals surface area contributed by atoms with Crippen LogP contribution < -0.4 is 8.97 Å². The molecule has 0 aliphatic carbocycles. The molecule has 20 heavy (non-hydrogen) atoms. The summed E-state index contributed by atoms with van der Waals surface area (Å²) in [5.74, 6) is 0.463. The standard InChI is InChI=1S/C13H25N3O4/c1-3-15(8-17,9-18)12-6-5-7-14-13(12)16(4-2,10-19)11-20/h5-7,17-20H,3-4,8-11H2,1-2H3/q+2. The number of nitrogens with zero attached hydrogens (tertiary/aromatic N) is 3. The zero-order chi connectivity index (χ0) is 15.2. The van der Waals surface area contributed by atoms with Gasteiger partial charge in [0.15, 0.2) is 26.9 Å². The molecule has 0 unspecified atom stereocenters. The Balaban J connectivity index is 3.51. The summed E-state index contributed by atoms with van der Waals surface area (Å²) in [7, 11) is 0. The van der Waals surface area contributed by atoms with Gasteiger partial charge < -0.3 is 20.4 Å².